The molecule has 1 saturated heterocycles. The number of hydrogen-bond donors (Lipinski definition) is 0. The zero-order valence-electron chi connectivity index (χ0n) is 16.3. The van der Waals surface area contributed by atoms with Crippen LogP contribution >= 0.6 is 0 Å². The van der Waals surface area contributed by atoms with Gasteiger partial charge in [0.25, 0.3) is 10.1 Å². The van der Waals surface area contributed by atoms with Gasteiger partial charge in [-0.25, -0.2) is 0 Å². The maximum atomic E-state index is 12.5. The van der Waals surface area contributed by atoms with Gasteiger partial charge in [-0.15, -0.1) is 0 Å². The summed E-state index contributed by atoms with van der Waals surface area (Å²) in [5.41, 5.74) is 1.06. The first-order valence-corrected chi connectivity index (χ1v) is 14.3. The van der Waals surface area contributed by atoms with Crippen molar-refractivity contribution in [2.75, 3.05) is 0 Å². The molecular weight excluding hydrogens is 360 g/mol. The SMILES string of the molecule is CCC[Si@H]1CC[C@H](C2CCC(OS(=O)(=O)c3ccc(C)cc3)CC2)CC1. The standard InChI is InChI=1S/C21H34O3SSi/c1-3-14-26-15-12-19(13-16-26)18-6-8-20(9-7-18)24-25(22,23)21-10-4-17(2)5-11-21/h4-5,10-11,18-20,26H,3,6-9,12-16H2,1-2H3/t18?,19-,20?,26-. The van der Waals surface area contributed by atoms with Crippen molar-refractivity contribution in [2.24, 2.45) is 11.8 Å². The Hall–Kier alpha value is -0.653. The fourth-order valence-electron chi connectivity index (χ4n) is 4.95. The van der Waals surface area contributed by atoms with Gasteiger partial charge >= 0.3 is 0 Å². The molecule has 0 bridgehead atoms. The molecule has 146 valence electrons. The predicted molar refractivity (Wildman–Crippen MR) is 110 cm³/mol. The van der Waals surface area contributed by atoms with Gasteiger partial charge in [-0.3, -0.25) is 4.18 Å². The maximum absolute atomic E-state index is 12.5. The number of rotatable bonds is 6. The summed E-state index contributed by atoms with van der Waals surface area (Å²) in [7, 11) is -4.03. The molecule has 0 atom stereocenters. The Kier molecular flexibility index (Phi) is 6.97. The van der Waals surface area contributed by atoms with Crippen molar-refractivity contribution in [3.8, 4) is 0 Å². The molecule has 0 unspecified atom stereocenters. The van der Waals surface area contributed by atoms with Crippen molar-refractivity contribution < 1.29 is 12.6 Å². The lowest BCUT2D eigenvalue weighted by atomic mass is 9.76. The second-order valence-corrected chi connectivity index (χ2v) is 13.5. The lowest BCUT2D eigenvalue weighted by Crippen LogP contribution is -2.31. The van der Waals surface area contributed by atoms with Crippen molar-refractivity contribution in [1.82, 2.24) is 0 Å². The number of benzene rings is 1. The first-order valence-electron chi connectivity index (χ1n) is 10.5. The summed E-state index contributed by atoms with van der Waals surface area (Å²) >= 11 is 0. The molecule has 0 aromatic heterocycles. The van der Waals surface area contributed by atoms with Crippen LogP contribution < -0.4 is 0 Å². The van der Waals surface area contributed by atoms with Crippen LogP contribution in [0.2, 0.25) is 18.1 Å². The lowest BCUT2D eigenvalue weighted by molar-refractivity contribution is 0.112. The fraction of sp³-hybridized carbons (Fsp3) is 0.714. The summed E-state index contributed by atoms with van der Waals surface area (Å²) in [4.78, 5) is 0.282. The zero-order valence-corrected chi connectivity index (χ0v) is 18.3. The molecule has 1 saturated carbocycles. The highest BCUT2D eigenvalue weighted by Gasteiger charge is 2.33. The minimum Gasteiger partial charge on any atom is -0.263 e. The molecule has 0 spiro atoms. The molecule has 0 N–H and O–H groups in total. The predicted octanol–water partition coefficient (Wildman–Crippen LogP) is 5.31. The third-order valence-corrected chi connectivity index (χ3v) is 11.6. The van der Waals surface area contributed by atoms with Gasteiger partial charge in [0.1, 0.15) is 0 Å². The van der Waals surface area contributed by atoms with Crippen LogP contribution in [-0.2, 0) is 14.3 Å². The van der Waals surface area contributed by atoms with Crippen molar-refractivity contribution in [3.63, 3.8) is 0 Å². The van der Waals surface area contributed by atoms with E-state index in [2.05, 4.69) is 6.92 Å². The van der Waals surface area contributed by atoms with E-state index in [4.69, 9.17) is 4.18 Å². The lowest BCUT2D eigenvalue weighted by Gasteiger charge is -2.37. The summed E-state index contributed by atoms with van der Waals surface area (Å²) < 4.78 is 30.5. The Bertz CT molecular complexity index is 655. The summed E-state index contributed by atoms with van der Waals surface area (Å²) in [6, 6.07) is 11.6. The molecule has 1 aliphatic carbocycles. The molecule has 1 aliphatic heterocycles. The summed E-state index contributed by atoms with van der Waals surface area (Å²) in [6.45, 7) is 4.28. The fourth-order valence-corrected chi connectivity index (χ4v) is 9.57. The Morgan fingerprint density at radius 1 is 0.962 bits per heavy atom. The summed E-state index contributed by atoms with van der Waals surface area (Å²) in [5, 5.41) is 0. The molecule has 0 radical (unpaired) electrons. The average Bonchev–Trinajstić information content (AvgIpc) is 2.63. The van der Waals surface area contributed by atoms with Crippen molar-refractivity contribution in [3.05, 3.63) is 29.8 Å². The van der Waals surface area contributed by atoms with Crippen LogP contribution in [0.4, 0.5) is 0 Å². The van der Waals surface area contributed by atoms with Crippen LogP contribution in [0.15, 0.2) is 29.2 Å². The summed E-state index contributed by atoms with van der Waals surface area (Å²) in [5.74, 6) is 1.69. The van der Waals surface area contributed by atoms with Crippen molar-refractivity contribution in [2.45, 2.75) is 87.9 Å². The Labute approximate surface area is 161 Å². The van der Waals surface area contributed by atoms with Gasteiger partial charge in [0.2, 0.25) is 0 Å². The first kappa shape index (κ1) is 20.1. The molecule has 1 aromatic carbocycles. The quantitative estimate of drug-likeness (QED) is 0.485. The van der Waals surface area contributed by atoms with Crippen LogP contribution in [0.5, 0.6) is 0 Å². The van der Waals surface area contributed by atoms with Crippen LogP contribution in [0.3, 0.4) is 0 Å². The van der Waals surface area contributed by atoms with E-state index in [1.54, 1.807) is 12.1 Å². The van der Waals surface area contributed by atoms with Gasteiger partial charge in [0.15, 0.2) is 0 Å². The molecule has 5 heteroatoms. The molecule has 3 rings (SSSR count). The Balaban J connectivity index is 1.47. The normalized spacial score (nSPS) is 30.2. The van der Waals surface area contributed by atoms with Gasteiger partial charge in [-0.1, -0.05) is 62.0 Å². The first-order chi connectivity index (χ1) is 12.5. The van der Waals surface area contributed by atoms with Gasteiger partial charge in [0, 0.05) is 8.80 Å². The monoisotopic (exact) mass is 394 g/mol. The average molecular weight is 395 g/mol. The van der Waals surface area contributed by atoms with Gasteiger partial charge < -0.3 is 0 Å². The minimum absolute atomic E-state index is 0.136. The second kappa shape index (κ2) is 9.02. The van der Waals surface area contributed by atoms with Crippen LogP contribution in [0.1, 0.15) is 57.4 Å². The van der Waals surface area contributed by atoms with Crippen LogP contribution in [0, 0.1) is 18.8 Å². The summed E-state index contributed by atoms with van der Waals surface area (Å²) in [6.07, 6.45) is 8.17. The molecule has 0 amide bonds. The van der Waals surface area contributed by atoms with Crippen LogP contribution in [0.25, 0.3) is 0 Å². The number of aryl methyl sites for hydroxylation is 1. The van der Waals surface area contributed by atoms with Gasteiger partial charge in [0.05, 0.1) is 11.0 Å². The van der Waals surface area contributed by atoms with Gasteiger partial charge in [-0.2, -0.15) is 8.42 Å². The molecule has 2 aliphatic rings. The molecular formula is C21H34O3SSi. The van der Waals surface area contributed by atoms with E-state index in [1.165, 1.54) is 37.4 Å². The smallest absolute Gasteiger partial charge is 0.263 e. The van der Waals surface area contributed by atoms with E-state index < -0.39 is 18.9 Å². The van der Waals surface area contributed by atoms with Crippen LogP contribution in [-0.4, -0.2) is 23.3 Å². The third-order valence-electron chi connectivity index (χ3n) is 6.55. The van der Waals surface area contributed by atoms with E-state index >= 15 is 0 Å². The van der Waals surface area contributed by atoms with Gasteiger partial charge in [-0.05, 0) is 56.6 Å². The zero-order chi connectivity index (χ0) is 18.6. The van der Waals surface area contributed by atoms with E-state index in [1.807, 2.05) is 19.1 Å². The molecule has 3 nitrogen and oxygen atoms in total. The minimum atomic E-state index is -3.63. The van der Waals surface area contributed by atoms with Crippen molar-refractivity contribution >= 4 is 18.9 Å². The van der Waals surface area contributed by atoms with E-state index in [-0.39, 0.29) is 11.0 Å². The van der Waals surface area contributed by atoms with E-state index in [0.717, 1.165) is 43.1 Å². The Morgan fingerprint density at radius 2 is 1.54 bits per heavy atom. The van der Waals surface area contributed by atoms with Crippen molar-refractivity contribution in [1.29, 1.82) is 0 Å². The number of hydrogen-bond acceptors (Lipinski definition) is 3. The topological polar surface area (TPSA) is 43.4 Å². The molecule has 1 aromatic rings. The third kappa shape index (κ3) is 5.20. The maximum Gasteiger partial charge on any atom is 0.297 e. The second-order valence-electron chi connectivity index (χ2n) is 8.47. The highest BCUT2D eigenvalue weighted by Crippen LogP contribution is 2.40. The Morgan fingerprint density at radius 3 is 2.12 bits per heavy atom. The molecule has 2 fully saturated rings. The van der Waals surface area contributed by atoms with E-state index in [9.17, 15) is 8.42 Å². The largest absolute Gasteiger partial charge is 0.297 e. The highest BCUT2D eigenvalue weighted by molar-refractivity contribution is 7.86. The van der Waals surface area contributed by atoms with E-state index in [0.29, 0.717) is 0 Å². The molecule has 26 heavy (non-hydrogen) atoms. The molecule has 1 heterocycles. The highest BCUT2D eigenvalue weighted by atomic mass is 32.2.